The van der Waals surface area contributed by atoms with Crippen LogP contribution in [0.4, 0.5) is 10.1 Å². The van der Waals surface area contributed by atoms with Crippen LogP contribution in [0.2, 0.25) is 0 Å². The average Bonchev–Trinajstić information content (AvgIpc) is 2.34. The largest absolute Gasteiger partial charge is 0.318 e. The van der Waals surface area contributed by atoms with Gasteiger partial charge in [-0.05, 0) is 24.6 Å². The zero-order chi connectivity index (χ0) is 13.1. The molecule has 0 unspecified atom stereocenters. The van der Waals surface area contributed by atoms with E-state index in [1.807, 2.05) is 0 Å². The van der Waals surface area contributed by atoms with E-state index in [1.165, 1.54) is 18.2 Å². The van der Waals surface area contributed by atoms with Crippen molar-refractivity contribution in [2.45, 2.75) is 6.92 Å². The third-order valence-corrected chi connectivity index (χ3v) is 2.37. The molecule has 0 saturated heterocycles. The third-order valence-electron chi connectivity index (χ3n) is 2.37. The highest BCUT2D eigenvalue weighted by atomic mass is 19.1. The van der Waals surface area contributed by atoms with Gasteiger partial charge in [-0.2, -0.15) is 5.10 Å². The number of hydrogen-bond acceptors (Lipinski definition) is 3. The molecule has 5 nitrogen and oxygen atoms in total. The molecule has 2 aromatic rings. The molecule has 1 heterocycles. The molecule has 2 N–H and O–H groups in total. The van der Waals surface area contributed by atoms with E-state index in [4.69, 9.17) is 0 Å². The average molecular weight is 247 g/mol. The monoisotopic (exact) mass is 247 g/mol. The van der Waals surface area contributed by atoms with Crippen LogP contribution in [0.3, 0.4) is 0 Å². The van der Waals surface area contributed by atoms with Gasteiger partial charge in [0, 0.05) is 6.07 Å². The van der Waals surface area contributed by atoms with E-state index < -0.39 is 17.3 Å². The summed E-state index contributed by atoms with van der Waals surface area (Å²) in [5.41, 5.74) is 0.314. The normalized spacial score (nSPS) is 10.1. The molecule has 0 radical (unpaired) electrons. The van der Waals surface area contributed by atoms with Gasteiger partial charge in [-0.15, -0.1) is 0 Å². The first-order chi connectivity index (χ1) is 8.58. The maximum atomic E-state index is 13.5. The topological polar surface area (TPSA) is 74.8 Å². The lowest BCUT2D eigenvalue weighted by atomic mass is 10.2. The highest BCUT2D eigenvalue weighted by molar-refractivity contribution is 6.03. The fourth-order valence-corrected chi connectivity index (χ4v) is 1.44. The summed E-state index contributed by atoms with van der Waals surface area (Å²) < 4.78 is 13.5. The number of aryl methyl sites for hydroxylation is 1. The van der Waals surface area contributed by atoms with Gasteiger partial charge < -0.3 is 5.32 Å². The zero-order valence-corrected chi connectivity index (χ0v) is 9.53. The van der Waals surface area contributed by atoms with Crippen LogP contribution in [-0.4, -0.2) is 16.1 Å². The lowest BCUT2D eigenvalue weighted by Crippen LogP contribution is -2.18. The number of benzene rings is 1. The number of H-pyrrole nitrogens is 1. The van der Waals surface area contributed by atoms with Crippen LogP contribution in [0.15, 0.2) is 35.1 Å². The summed E-state index contributed by atoms with van der Waals surface area (Å²) in [6.45, 7) is 1.68. The second-order valence-electron chi connectivity index (χ2n) is 3.69. The first kappa shape index (κ1) is 12.0. The van der Waals surface area contributed by atoms with Crippen molar-refractivity contribution in [3.8, 4) is 0 Å². The lowest BCUT2D eigenvalue weighted by molar-refractivity contribution is 0.102. The van der Waals surface area contributed by atoms with E-state index in [1.54, 1.807) is 19.1 Å². The summed E-state index contributed by atoms with van der Waals surface area (Å²) in [5, 5.41) is 8.11. The number of nitrogens with one attached hydrogen (secondary N) is 2. The molecule has 0 saturated carbocycles. The molecule has 2 rings (SSSR count). The van der Waals surface area contributed by atoms with Crippen LogP contribution in [0.5, 0.6) is 0 Å². The van der Waals surface area contributed by atoms with E-state index in [9.17, 15) is 14.0 Å². The predicted molar refractivity (Wildman–Crippen MR) is 63.9 cm³/mol. The molecule has 1 aromatic heterocycles. The van der Waals surface area contributed by atoms with Crippen molar-refractivity contribution >= 4 is 11.6 Å². The van der Waals surface area contributed by atoms with Gasteiger partial charge >= 0.3 is 0 Å². The van der Waals surface area contributed by atoms with E-state index in [-0.39, 0.29) is 11.4 Å². The number of hydrogen-bond donors (Lipinski definition) is 2. The Morgan fingerprint density at radius 3 is 2.72 bits per heavy atom. The second kappa shape index (κ2) is 4.79. The van der Waals surface area contributed by atoms with Crippen molar-refractivity contribution < 1.29 is 9.18 Å². The fourth-order valence-electron chi connectivity index (χ4n) is 1.44. The molecule has 18 heavy (non-hydrogen) atoms. The number of rotatable bonds is 2. The Hall–Kier alpha value is -2.50. The quantitative estimate of drug-likeness (QED) is 0.843. The van der Waals surface area contributed by atoms with Crippen LogP contribution < -0.4 is 10.9 Å². The number of carbonyl (C=O) groups is 1. The zero-order valence-electron chi connectivity index (χ0n) is 9.53. The molecule has 0 spiro atoms. The number of carbonyl (C=O) groups excluding carboxylic acids is 1. The standard InChI is InChI=1S/C12H10FN3O2/c1-7-3-2-4-8(13)11(7)14-12(18)9-5-6-10(17)16-15-9/h2-6H,1H3,(H,14,18)(H,16,17). The van der Waals surface area contributed by atoms with Crippen LogP contribution in [0.1, 0.15) is 16.1 Å². The molecular weight excluding hydrogens is 237 g/mol. The Kier molecular flexibility index (Phi) is 3.18. The molecule has 92 valence electrons. The Labute approximate surface area is 102 Å². The molecular formula is C12H10FN3O2. The molecule has 0 atom stereocenters. The number of halogens is 1. The molecule has 0 aliphatic carbocycles. The van der Waals surface area contributed by atoms with Gasteiger partial charge in [0.1, 0.15) is 11.5 Å². The molecule has 1 aromatic carbocycles. The van der Waals surface area contributed by atoms with Crippen molar-refractivity contribution in [3.63, 3.8) is 0 Å². The minimum atomic E-state index is -0.584. The highest BCUT2D eigenvalue weighted by Gasteiger charge is 2.12. The van der Waals surface area contributed by atoms with Crippen molar-refractivity contribution in [3.05, 3.63) is 57.8 Å². The van der Waals surface area contributed by atoms with Crippen molar-refractivity contribution in [2.75, 3.05) is 5.32 Å². The number of anilines is 1. The van der Waals surface area contributed by atoms with Gasteiger partial charge in [-0.1, -0.05) is 12.1 Å². The smallest absolute Gasteiger partial charge is 0.276 e. The van der Waals surface area contributed by atoms with Crippen molar-refractivity contribution in [1.82, 2.24) is 10.2 Å². The van der Waals surface area contributed by atoms with Crippen LogP contribution >= 0.6 is 0 Å². The summed E-state index contributed by atoms with van der Waals surface area (Å²) >= 11 is 0. The van der Waals surface area contributed by atoms with Crippen LogP contribution in [0, 0.1) is 12.7 Å². The van der Waals surface area contributed by atoms with Crippen molar-refractivity contribution in [1.29, 1.82) is 0 Å². The first-order valence-electron chi connectivity index (χ1n) is 5.20. The van der Waals surface area contributed by atoms with Gasteiger partial charge in [-0.3, -0.25) is 9.59 Å². The maximum Gasteiger partial charge on any atom is 0.276 e. The summed E-state index contributed by atoms with van der Waals surface area (Å²) in [4.78, 5) is 22.6. The van der Waals surface area contributed by atoms with Crippen LogP contribution in [0.25, 0.3) is 0 Å². The fraction of sp³-hybridized carbons (Fsp3) is 0.0833. The summed E-state index contributed by atoms with van der Waals surface area (Å²) in [6.07, 6.45) is 0. The Balaban J connectivity index is 2.27. The molecule has 6 heteroatoms. The summed E-state index contributed by atoms with van der Waals surface area (Å²) in [5.74, 6) is -1.10. The van der Waals surface area contributed by atoms with Gasteiger partial charge in [0.2, 0.25) is 0 Å². The van der Waals surface area contributed by atoms with Crippen molar-refractivity contribution in [2.24, 2.45) is 0 Å². The molecule has 0 aliphatic heterocycles. The summed E-state index contributed by atoms with van der Waals surface area (Å²) in [6, 6.07) is 6.93. The minimum absolute atomic E-state index is 0.0113. The lowest BCUT2D eigenvalue weighted by Gasteiger charge is -2.08. The molecule has 0 bridgehead atoms. The Morgan fingerprint density at radius 2 is 2.11 bits per heavy atom. The van der Waals surface area contributed by atoms with Gasteiger partial charge in [0.25, 0.3) is 11.5 Å². The highest BCUT2D eigenvalue weighted by Crippen LogP contribution is 2.19. The number of para-hydroxylation sites is 1. The van der Waals surface area contributed by atoms with Gasteiger partial charge in [0.05, 0.1) is 5.69 Å². The third kappa shape index (κ3) is 2.42. The van der Waals surface area contributed by atoms with E-state index in [0.717, 1.165) is 0 Å². The number of amides is 1. The summed E-state index contributed by atoms with van der Waals surface area (Å²) in [7, 11) is 0. The predicted octanol–water partition coefficient (Wildman–Crippen LogP) is 1.47. The SMILES string of the molecule is Cc1cccc(F)c1NC(=O)c1ccc(=O)[nH]n1. The van der Waals surface area contributed by atoms with E-state index >= 15 is 0 Å². The van der Waals surface area contributed by atoms with Gasteiger partial charge in [-0.25, -0.2) is 9.49 Å². The molecule has 0 aliphatic rings. The van der Waals surface area contributed by atoms with E-state index in [2.05, 4.69) is 15.5 Å². The van der Waals surface area contributed by atoms with E-state index in [0.29, 0.717) is 5.56 Å². The number of nitrogens with zero attached hydrogens (tertiary/aromatic N) is 1. The maximum absolute atomic E-state index is 13.5. The first-order valence-corrected chi connectivity index (χ1v) is 5.20. The van der Waals surface area contributed by atoms with Gasteiger partial charge in [0.15, 0.2) is 0 Å². The second-order valence-corrected chi connectivity index (χ2v) is 3.69. The van der Waals surface area contributed by atoms with Crippen LogP contribution in [-0.2, 0) is 0 Å². The Bertz CT molecular complexity index is 611. The number of aromatic nitrogens is 2. The Morgan fingerprint density at radius 1 is 1.33 bits per heavy atom. The molecule has 0 fully saturated rings. The molecule has 1 amide bonds. The minimum Gasteiger partial charge on any atom is -0.318 e. The number of aromatic amines is 1.